The van der Waals surface area contributed by atoms with Crippen molar-refractivity contribution in [1.82, 2.24) is 5.32 Å². The smallest absolute Gasteiger partial charge is 0.237 e. The maximum atomic E-state index is 10.8. The number of amides is 1. The van der Waals surface area contributed by atoms with Gasteiger partial charge in [-0.2, -0.15) is 11.8 Å². The molecule has 0 saturated heterocycles. The highest BCUT2D eigenvalue weighted by molar-refractivity contribution is 7.99. The molecule has 10 heavy (non-hydrogen) atoms. The van der Waals surface area contributed by atoms with E-state index in [1.54, 1.807) is 18.8 Å². The van der Waals surface area contributed by atoms with Gasteiger partial charge in [-0.25, -0.2) is 0 Å². The Morgan fingerprint density at radius 2 is 2.40 bits per heavy atom. The van der Waals surface area contributed by atoms with E-state index in [0.717, 1.165) is 5.75 Å². The Morgan fingerprint density at radius 3 is 2.80 bits per heavy atom. The Hall–Kier alpha value is -0.220. The van der Waals surface area contributed by atoms with Crippen molar-refractivity contribution < 1.29 is 4.79 Å². The summed E-state index contributed by atoms with van der Waals surface area (Å²) in [7, 11) is 1.60. The van der Waals surface area contributed by atoms with Gasteiger partial charge >= 0.3 is 0 Å². The molecule has 0 aromatic carbocycles. The van der Waals surface area contributed by atoms with E-state index in [-0.39, 0.29) is 11.9 Å². The monoisotopic (exact) mass is 162 g/mol. The van der Waals surface area contributed by atoms with Crippen molar-refractivity contribution in [2.24, 2.45) is 5.73 Å². The van der Waals surface area contributed by atoms with Crippen molar-refractivity contribution in [2.75, 3.05) is 18.6 Å². The van der Waals surface area contributed by atoms with Crippen LogP contribution in [0.5, 0.6) is 0 Å². The quantitative estimate of drug-likeness (QED) is 0.602. The van der Waals surface area contributed by atoms with E-state index in [1.807, 2.05) is 6.92 Å². The molecule has 0 heterocycles. The maximum absolute atomic E-state index is 10.8. The van der Waals surface area contributed by atoms with Gasteiger partial charge in [0.1, 0.15) is 0 Å². The number of likely N-dealkylation sites (N-methyl/N-ethyl adjacent to an activating group) is 1. The van der Waals surface area contributed by atoms with Gasteiger partial charge in [-0.1, -0.05) is 6.92 Å². The molecule has 4 heteroatoms. The lowest BCUT2D eigenvalue weighted by molar-refractivity contribution is -0.121. The molecule has 0 radical (unpaired) electrons. The average molecular weight is 162 g/mol. The third kappa shape index (κ3) is 3.74. The fourth-order valence-corrected chi connectivity index (χ4v) is 1.15. The van der Waals surface area contributed by atoms with Crippen LogP contribution in [0.2, 0.25) is 0 Å². The molecular formula is C6H14N2OS. The van der Waals surface area contributed by atoms with Crippen molar-refractivity contribution in [1.29, 1.82) is 0 Å². The summed E-state index contributed by atoms with van der Waals surface area (Å²) in [6.07, 6.45) is 0. The predicted octanol–water partition coefficient (Wildman–Crippen LogP) is -0.187. The summed E-state index contributed by atoms with van der Waals surface area (Å²) in [5.74, 6) is 1.63. The van der Waals surface area contributed by atoms with Gasteiger partial charge in [-0.3, -0.25) is 4.79 Å². The van der Waals surface area contributed by atoms with Crippen LogP contribution in [-0.2, 0) is 4.79 Å². The number of hydrogen-bond acceptors (Lipinski definition) is 3. The van der Waals surface area contributed by atoms with Crippen LogP contribution in [0, 0.1) is 0 Å². The van der Waals surface area contributed by atoms with Crippen LogP contribution in [0.3, 0.4) is 0 Å². The summed E-state index contributed by atoms with van der Waals surface area (Å²) in [5.41, 5.74) is 5.48. The first-order valence-electron chi connectivity index (χ1n) is 3.27. The summed E-state index contributed by atoms with van der Waals surface area (Å²) in [6, 6.07) is -0.352. The van der Waals surface area contributed by atoms with E-state index in [1.165, 1.54) is 0 Å². The van der Waals surface area contributed by atoms with Gasteiger partial charge in [0.15, 0.2) is 0 Å². The first kappa shape index (κ1) is 9.78. The number of carbonyl (C=O) groups excluding carboxylic acids is 1. The fourth-order valence-electron chi connectivity index (χ4n) is 0.506. The zero-order valence-corrected chi connectivity index (χ0v) is 7.20. The lowest BCUT2D eigenvalue weighted by atomic mass is 10.3. The van der Waals surface area contributed by atoms with Gasteiger partial charge in [0.2, 0.25) is 5.91 Å². The zero-order valence-electron chi connectivity index (χ0n) is 6.39. The van der Waals surface area contributed by atoms with Crippen LogP contribution in [0.15, 0.2) is 0 Å². The fraction of sp³-hybridized carbons (Fsp3) is 0.833. The molecule has 0 aromatic heterocycles. The Bertz CT molecular complexity index is 108. The molecule has 0 bridgehead atoms. The molecule has 1 atom stereocenters. The van der Waals surface area contributed by atoms with E-state index in [4.69, 9.17) is 5.73 Å². The number of hydrogen-bond donors (Lipinski definition) is 2. The number of nitrogens with one attached hydrogen (secondary N) is 1. The molecule has 0 aliphatic heterocycles. The second-order valence-corrected chi connectivity index (χ2v) is 3.20. The van der Waals surface area contributed by atoms with Crippen LogP contribution in [0.25, 0.3) is 0 Å². The van der Waals surface area contributed by atoms with Crippen molar-refractivity contribution in [3.05, 3.63) is 0 Å². The second kappa shape index (κ2) is 5.56. The van der Waals surface area contributed by atoms with E-state index in [0.29, 0.717) is 5.75 Å². The minimum atomic E-state index is -0.352. The molecule has 0 aromatic rings. The molecule has 0 spiro atoms. The van der Waals surface area contributed by atoms with Crippen LogP contribution >= 0.6 is 11.8 Å². The molecule has 0 rings (SSSR count). The lowest BCUT2D eigenvalue weighted by Gasteiger charge is -2.07. The first-order chi connectivity index (χ1) is 4.72. The van der Waals surface area contributed by atoms with Crippen molar-refractivity contribution >= 4 is 17.7 Å². The van der Waals surface area contributed by atoms with Crippen LogP contribution in [-0.4, -0.2) is 30.5 Å². The highest BCUT2D eigenvalue weighted by atomic mass is 32.2. The highest BCUT2D eigenvalue weighted by Crippen LogP contribution is 1.99. The van der Waals surface area contributed by atoms with E-state index < -0.39 is 0 Å². The van der Waals surface area contributed by atoms with E-state index in [9.17, 15) is 4.79 Å². The third-order valence-corrected chi connectivity index (χ3v) is 2.09. The SMILES string of the molecule is CCSCC(N)C(=O)NC. The summed E-state index contributed by atoms with van der Waals surface area (Å²) in [5, 5.41) is 2.50. The molecule has 0 saturated carbocycles. The summed E-state index contributed by atoms with van der Waals surface area (Å²) in [4.78, 5) is 10.8. The Balaban J connectivity index is 3.41. The molecule has 3 nitrogen and oxygen atoms in total. The molecular weight excluding hydrogens is 148 g/mol. The van der Waals surface area contributed by atoms with E-state index in [2.05, 4.69) is 5.32 Å². The molecule has 0 aliphatic carbocycles. The molecule has 1 amide bonds. The van der Waals surface area contributed by atoms with Gasteiger partial charge in [0, 0.05) is 12.8 Å². The molecule has 0 fully saturated rings. The van der Waals surface area contributed by atoms with Gasteiger partial charge in [-0.05, 0) is 5.75 Å². The predicted molar refractivity (Wildman–Crippen MR) is 45.0 cm³/mol. The van der Waals surface area contributed by atoms with Gasteiger partial charge < -0.3 is 11.1 Å². The molecule has 1 unspecified atom stereocenters. The van der Waals surface area contributed by atoms with Crippen LogP contribution < -0.4 is 11.1 Å². The lowest BCUT2D eigenvalue weighted by Crippen LogP contribution is -2.40. The third-order valence-electron chi connectivity index (χ3n) is 1.08. The zero-order chi connectivity index (χ0) is 7.98. The van der Waals surface area contributed by atoms with Gasteiger partial charge in [-0.15, -0.1) is 0 Å². The van der Waals surface area contributed by atoms with Gasteiger partial charge in [0.25, 0.3) is 0 Å². The standard InChI is InChI=1S/C6H14N2OS/c1-3-10-4-5(7)6(9)8-2/h5H,3-4,7H2,1-2H3,(H,8,9). The summed E-state index contributed by atoms with van der Waals surface area (Å²) >= 11 is 1.67. The van der Waals surface area contributed by atoms with Crippen LogP contribution in [0.1, 0.15) is 6.92 Å². The number of carbonyl (C=O) groups is 1. The number of thioether (sulfide) groups is 1. The summed E-state index contributed by atoms with van der Waals surface area (Å²) < 4.78 is 0. The highest BCUT2D eigenvalue weighted by Gasteiger charge is 2.09. The van der Waals surface area contributed by atoms with Crippen molar-refractivity contribution in [2.45, 2.75) is 13.0 Å². The average Bonchev–Trinajstić information content (AvgIpc) is 1.98. The second-order valence-electron chi connectivity index (χ2n) is 1.88. The molecule has 0 aliphatic rings. The number of nitrogens with two attached hydrogens (primary N) is 1. The minimum absolute atomic E-state index is 0.0825. The Morgan fingerprint density at radius 1 is 1.80 bits per heavy atom. The summed E-state index contributed by atoms with van der Waals surface area (Å²) in [6.45, 7) is 2.04. The Labute approximate surface area is 65.7 Å². The first-order valence-corrected chi connectivity index (χ1v) is 4.42. The number of rotatable bonds is 4. The van der Waals surface area contributed by atoms with E-state index >= 15 is 0 Å². The molecule has 3 N–H and O–H groups in total. The molecule has 60 valence electrons. The maximum Gasteiger partial charge on any atom is 0.237 e. The van der Waals surface area contributed by atoms with Crippen LogP contribution in [0.4, 0.5) is 0 Å². The topological polar surface area (TPSA) is 55.1 Å². The largest absolute Gasteiger partial charge is 0.358 e. The normalized spacial score (nSPS) is 12.7. The van der Waals surface area contributed by atoms with Crippen molar-refractivity contribution in [3.8, 4) is 0 Å². The Kier molecular flexibility index (Phi) is 5.43. The van der Waals surface area contributed by atoms with Crippen molar-refractivity contribution in [3.63, 3.8) is 0 Å². The minimum Gasteiger partial charge on any atom is -0.358 e. The van der Waals surface area contributed by atoms with Gasteiger partial charge in [0.05, 0.1) is 6.04 Å².